The molecule has 1 fully saturated rings. The van der Waals surface area contributed by atoms with E-state index in [0.29, 0.717) is 6.54 Å². The van der Waals surface area contributed by atoms with Gasteiger partial charge in [-0.05, 0) is 68.5 Å². The van der Waals surface area contributed by atoms with Crippen LogP contribution in [0.5, 0.6) is 0 Å². The number of anilines is 1. The first kappa shape index (κ1) is 17.6. The quantitative estimate of drug-likeness (QED) is 0.681. The average molecular weight is 362 g/mol. The van der Waals surface area contributed by atoms with Gasteiger partial charge in [-0.2, -0.15) is 0 Å². The molecular weight excluding hydrogens is 336 g/mol. The first-order valence-electron chi connectivity index (χ1n) is 9.59. The summed E-state index contributed by atoms with van der Waals surface area (Å²) in [5.74, 6) is 1.23. The van der Waals surface area contributed by atoms with E-state index >= 15 is 0 Å². The zero-order chi connectivity index (χ0) is 19.0. The van der Waals surface area contributed by atoms with Crippen molar-refractivity contribution >= 4 is 22.8 Å². The number of urea groups is 1. The highest BCUT2D eigenvalue weighted by atomic mass is 16.2. The van der Waals surface area contributed by atoms with Gasteiger partial charge in [-0.3, -0.25) is 0 Å². The molecule has 0 spiro atoms. The number of aromatic amines is 1. The molecule has 1 saturated heterocycles. The lowest BCUT2D eigenvalue weighted by molar-refractivity contribution is 0.191. The molecule has 0 radical (unpaired) electrons. The summed E-state index contributed by atoms with van der Waals surface area (Å²) in [5, 5.41) is 3.05. The fraction of sp³-hybridized carbons (Fsp3) is 0.364. The van der Waals surface area contributed by atoms with Crippen molar-refractivity contribution in [2.24, 2.45) is 0 Å². The minimum Gasteiger partial charge on any atom is -0.342 e. The maximum absolute atomic E-state index is 12.7. The van der Waals surface area contributed by atoms with Crippen molar-refractivity contribution in [2.75, 3.05) is 18.4 Å². The maximum atomic E-state index is 12.7. The van der Waals surface area contributed by atoms with E-state index in [1.54, 1.807) is 0 Å². The third kappa shape index (κ3) is 3.54. The largest absolute Gasteiger partial charge is 0.342 e. The highest BCUT2D eigenvalue weighted by Gasteiger charge is 2.27. The molecule has 1 aromatic heterocycles. The van der Waals surface area contributed by atoms with Gasteiger partial charge in [0, 0.05) is 24.7 Å². The number of nitrogens with zero attached hydrogens (tertiary/aromatic N) is 2. The molecule has 1 unspecified atom stereocenters. The number of benzene rings is 2. The Kier molecular flexibility index (Phi) is 4.60. The summed E-state index contributed by atoms with van der Waals surface area (Å²) in [4.78, 5) is 22.9. The predicted molar refractivity (Wildman–Crippen MR) is 109 cm³/mol. The molecule has 2 amide bonds. The fourth-order valence-corrected chi connectivity index (χ4v) is 3.77. The van der Waals surface area contributed by atoms with E-state index in [1.165, 1.54) is 11.1 Å². The molecule has 140 valence electrons. The molecule has 4 rings (SSSR count). The van der Waals surface area contributed by atoms with Gasteiger partial charge in [-0.15, -0.1) is 0 Å². The van der Waals surface area contributed by atoms with Gasteiger partial charge >= 0.3 is 6.03 Å². The summed E-state index contributed by atoms with van der Waals surface area (Å²) in [6.45, 7) is 7.71. The van der Waals surface area contributed by atoms with E-state index in [2.05, 4.69) is 36.3 Å². The van der Waals surface area contributed by atoms with Crippen LogP contribution in [0.25, 0.3) is 11.0 Å². The number of aryl methyl sites for hydroxylation is 3. The molecule has 5 nitrogen and oxygen atoms in total. The number of nitrogens with one attached hydrogen (secondary N) is 2. The lowest BCUT2D eigenvalue weighted by atomic mass is 9.97. The van der Waals surface area contributed by atoms with Crippen LogP contribution in [-0.2, 0) is 0 Å². The standard InChI is InChI=1S/C22H26N4O/c1-14-7-4-5-9-18(14)25-22(27)26-10-6-8-17(13-26)21-23-19-11-15(2)16(3)12-20(19)24-21/h4-5,7,9,11-12,17H,6,8,10,13H2,1-3H3,(H,23,24)(H,25,27). The molecule has 0 aliphatic carbocycles. The Hall–Kier alpha value is -2.82. The van der Waals surface area contributed by atoms with Crippen LogP contribution in [0.4, 0.5) is 10.5 Å². The van der Waals surface area contributed by atoms with Crippen molar-refractivity contribution < 1.29 is 4.79 Å². The van der Waals surface area contributed by atoms with Crippen molar-refractivity contribution in [2.45, 2.75) is 39.5 Å². The van der Waals surface area contributed by atoms with Gasteiger partial charge in [-0.25, -0.2) is 9.78 Å². The highest BCUT2D eigenvalue weighted by Crippen LogP contribution is 2.28. The molecular formula is C22H26N4O. The van der Waals surface area contributed by atoms with Gasteiger partial charge in [0.1, 0.15) is 5.82 Å². The third-order valence-electron chi connectivity index (χ3n) is 5.60. The van der Waals surface area contributed by atoms with Crippen LogP contribution in [-0.4, -0.2) is 34.0 Å². The number of carbonyl (C=O) groups is 1. The number of likely N-dealkylation sites (tertiary alicyclic amines) is 1. The summed E-state index contributed by atoms with van der Waals surface area (Å²) in [5.41, 5.74) is 6.55. The van der Waals surface area contributed by atoms with E-state index in [-0.39, 0.29) is 11.9 Å². The van der Waals surface area contributed by atoms with Crippen molar-refractivity contribution in [3.8, 4) is 0 Å². The Bertz CT molecular complexity index is 952. The number of imidazole rings is 1. The summed E-state index contributed by atoms with van der Waals surface area (Å²) >= 11 is 0. The molecule has 0 saturated carbocycles. The maximum Gasteiger partial charge on any atom is 0.321 e. The molecule has 0 bridgehead atoms. The number of carbonyl (C=O) groups excluding carboxylic acids is 1. The monoisotopic (exact) mass is 362 g/mol. The molecule has 27 heavy (non-hydrogen) atoms. The number of hydrogen-bond acceptors (Lipinski definition) is 2. The van der Waals surface area contributed by atoms with Gasteiger partial charge in [0.2, 0.25) is 0 Å². The van der Waals surface area contributed by atoms with Crippen molar-refractivity contribution in [1.82, 2.24) is 14.9 Å². The summed E-state index contributed by atoms with van der Waals surface area (Å²) in [7, 11) is 0. The highest BCUT2D eigenvalue weighted by molar-refractivity contribution is 5.90. The fourth-order valence-electron chi connectivity index (χ4n) is 3.77. The van der Waals surface area contributed by atoms with Crippen LogP contribution in [0.2, 0.25) is 0 Å². The number of H-pyrrole nitrogens is 1. The number of hydrogen-bond donors (Lipinski definition) is 2. The topological polar surface area (TPSA) is 61.0 Å². The summed E-state index contributed by atoms with van der Waals surface area (Å²) in [6.07, 6.45) is 2.03. The summed E-state index contributed by atoms with van der Waals surface area (Å²) < 4.78 is 0. The molecule has 1 aliphatic heterocycles. The first-order valence-corrected chi connectivity index (χ1v) is 9.59. The van der Waals surface area contributed by atoms with Gasteiger partial charge in [0.25, 0.3) is 0 Å². The van der Waals surface area contributed by atoms with Gasteiger partial charge < -0.3 is 15.2 Å². The molecule has 3 aromatic rings. The van der Waals surface area contributed by atoms with Crippen LogP contribution in [0, 0.1) is 20.8 Å². The Morgan fingerprint density at radius 2 is 1.93 bits per heavy atom. The zero-order valence-corrected chi connectivity index (χ0v) is 16.2. The van der Waals surface area contributed by atoms with Gasteiger partial charge in [0.15, 0.2) is 0 Å². The minimum atomic E-state index is -0.0307. The third-order valence-corrected chi connectivity index (χ3v) is 5.60. The van der Waals surface area contributed by atoms with Crippen LogP contribution < -0.4 is 5.32 Å². The molecule has 2 N–H and O–H groups in total. The van der Waals surface area contributed by atoms with Crippen molar-refractivity contribution in [3.05, 3.63) is 58.9 Å². The van der Waals surface area contributed by atoms with Gasteiger partial charge in [-0.1, -0.05) is 18.2 Å². The SMILES string of the molecule is Cc1cc2nc(C3CCCN(C(=O)Nc4ccccc4C)C3)[nH]c2cc1C. The smallest absolute Gasteiger partial charge is 0.321 e. The number of amides is 2. The Morgan fingerprint density at radius 1 is 1.15 bits per heavy atom. The van der Waals surface area contributed by atoms with Crippen molar-refractivity contribution in [3.63, 3.8) is 0 Å². The van der Waals surface area contributed by atoms with E-state index in [1.807, 2.05) is 36.1 Å². The average Bonchev–Trinajstić information content (AvgIpc) is 3.07. The van der Waals surface area contributed by atoms with Crippen LogP contribution in [0.1, 0.15) is 41.3 Å². The van der Waals surface area contributed by atoms with Crippen molar-refractivity contribution in [1.29, 1.82) is 0 Å². The summed E-state index contributed by atoms with van der Waals surface area (Å²) in [6, 6.07) is 12.1. The minimum absolute atomic E-state index is 0.0307. The van der Waals surface area contributed by atoms with Crippen LogP contribution >= 0.6 is 0 Å². The van der Waals surface area contributed by atoms with E-state index in [4.69, 9.17) is 4.98 Å². The lowest BCUT2D eigenvalue weighted by Crippen LogP contribution is -2.41. The van der Waals surface area contributed by atoms with Crippen LogP contribution in [0.15, 0.2) is 36.4 Å². The number of piperidine rings is 1. The van der Waals surface area contributed by atoms with Gasteiger partial charge in [0.05, 0.1) is 11.0 Å². The second-order valence-electron chi connectivity index (χ2n) is 7.61. The Balaban J connectivity index is 1.51. The molecule has 5 heteroatoms. The Morgan fingerprint density at radius 3 is 2.74 bits per heavy atom. The molecule has 1 aliphatic rings. The Labute approximate surface area is 159 Å². The molecule has 1 atom stereocenters. The second-order valence-corrected chi connectivity index (χ2v) is 7.61. The molecule has 2 aromatic carbocycles. The number of para-hydroxylation sites is 1. The molecule has 2 heterocycles. The number of rotatable bonds is 2. The predicted octanol–water partition coefficient (Wildman–Crippen LogP) is 4.90. The lowest BCUT2D eigenvalue weighted by Gasteiger charge is -2.32. The number of aromatic nitrogens is 2. The zero-order valence-electron chi connectivity index (χ0n) is 16.2. The number of fused-ring (bicyclic) bond motifs is 1. The normalized spacial score (nSPS) is 17.3. The van der Waals surface area contributed by atoms with E-state index in [0.717, 1.165) is 47.5 Å². The first-order chi connectivity index (χ1) is 13.0. The van der Waals surface area contributed by atoms with Crippen LogP contribution in [0.3, 0.4) is 0 Å². The second kappa shape index (κ2) is 7.06. The van der Waals surface area contributed by atoms with E-state index < -0.39 is 0 Å². The van der Waals surface area contributed by atoms with E-state index in [9.17, 15) is 4.79 Å².